The van der Waals surface area contributed by atoms with Gasteiger partial charge in [0.05, 0.1) is 0 Å². The van der Waals surface area contributed by atoms with E-state index in [1.165, 1.54) is 5.56 Å². The van der Waals surface area contributed by atoms with Crippen molar-refractivity contribution in [1.82, 2.24) is 4.98 Å². The number of hydrogen-bond acceptors (Lipinski definition) is 4. The Morgan fingerprint density at radius 3 is 2.74 bits per heavy atom. The number of amides is 1. The number of aromatic nitrogens is 1. The van der Waals surface area contributed by atoms with Crippen LogP contribution in [0.3, 0.4) is 0 Å². The molecule has 0 saturated heterocycles. The number of hydrogen-bond donors (Lipinski definition) is 0. The van der Waals surface area contributed by atoms with Gasteiger partial charge < -0.3 is 4.74 Å². The lowest BCUT2D eigenvalue weighted by Crippen LogP contribution is -2.08. The molecule has 5 heteroatoms. The average Bonchev–Trinajstić information content (AvgIpc) is 2.45. The molecule has 0 fully saturated rings. The first-order valence-electron chi connectivity index (χ1n) is 5.71. The summed E-state index contributed by atoms with van der Waals surface area (Å²) in [6.45, 7) is 1.63. The van der Waals surface area contributed by atoms with Gasteiger partial charge in [0.25, 0.3) is 0 Å². The predicted octanol–water partition coefficient (Wildman–Crippen LogP) is 2.73. The molecule has 0 atom stereocenters. The van der Waals surface area contributed by atoms with Crippen molar-refractivity contribution < 1.29 is 9.53 Å². The Kier molecular flexibility index (Phi) is 3.97. The maximum absolute atomic E-state index is 10.7. The van der Waals surface area contributed by atoms with E-state index in [2.05, 4.69) is 16.2 Å². The Hall–Kier alpha value is -2.56. The SMILES string of the molecule is Cc1cccc(-c2ccc(OCC(=O)N=O)nc2)c1. The third kappa shape index (κ3) is 3.45. The van der Waals surface area contributed by atoms with Crippen LogP contribution < -0.4 is 4.74 Å². The Morgan fingerprint density at radius 2 is 2.11 bits per heavy atom. The van der Waals surface area contributed by atoms with Crippen LogP contribution in [0.5, 0.6) is 5.88 Å². The molecule has 1 aromatic carbocycles. The van der Waals surface area contributed by atoms with Crippen LogP contribution in [0.1, 0.15) is 5.56 Å². The fraction of sp³-hybridized carbons (Fsp3) is 0.143. The minimum Gasteiger partial charge on any atom is -0.467 e. The molecule has 1 heterocycles. The Balaban J connectivity index is 2.10. The second-order valence-electron chi connectivity index (χ2n) is 4.03. The van der Waals surface area contributed by atoms with E-state index in [9.17, 15) is 9.70 Å². The van der Waals surface area contributed by atoms with Gasteiger partial charge >= 0.3 is 5.91 Å². The van der Waals surface area contributed by atoms with Gasteiger partial charge in [-0.3, -0.25) is 4.79 Å². The molecule has 5 nitrogen and oxygen atoms in total. The fourth-order valence-corrected chi connectivity index (χ4v) is 1.62. The highest BCUT2D eigenvalue weighted by Gasteiger charge is 2.04. The summed E-state index contributed by atoms with van der Waals surface area (Å²) < 4.78 is 5.02. The number of carbonyl (C=O) groups is 1. The average molecular weight is 256 g/mol. The number of pyridine rings is 1. The number of rotatable bonds is 4. The van der Waals surface area contributed by atoms with Crippen LogP contribution in [0, 0.1) is 11.8 Å². The number of ether oxygens (including phenoxy) is 1. The molecule has 19 heavy (non-hydrogen) atoms. The van der Waals surface area contributed by atoms with Gasteiger partial charge in [0.15, 0.2) is 6.61 Å². The van der Waals surface area contributed by atoms with Crippen molar-refractivity contribution in [3.8, 4) is 17.0 Å². The van der Waals surface area contributed by atoms with Crippen LogP contribution in [-0.2, 0) is 4.79 Å². The van der Waals surface area contributed by atoms with E-state index < -0.39 is 5.91 Å². The fourth-order valence-electron chi connectivity index (χ4n) is 1.62. The highest BCUT2D eigenvalue weighted by atomic mass is 16.5. The zero-order chi connectivity index (χ0) is 13.7. The van der Waals surface area contributed by atoms with Crippen molar-refractivity contribution in [1.29, 1.82) is 0 Å². The zero-order valence-corrected chi connectivity index (χ0v) is 10.4. The number of nitroso groups, excluding NO2 is 1. The Bertz CT molecular complexity index is 594. The second kappa shape index (κ2) is 5.86. The summed E-state index contributed by atoms with van der Waals surface area (Å²) in [5.41, 5.74) is 3.18. The molecule has 0 saturated carbocycles. The molecule has 96 valence electrons. The molecule has 0 aliphatic carbocycles. The molecule has 2 aromatic rings. The molecule has 0 aliphatic rings. The van der Waals surface area contributed by atoms with E-state index in [1.807, 2.05) is 31.2 Å². The van der Waals surface area contributed by atoms with E-state index in [0.29, 0.717) is 0 Å². The number of benzene rings is 1. The van der Waals surface area contributed by atoms with Crippen molar-refractivity contribution in [2.45, 2.75) is 6.92 Å². The van der Waals surface area contributed by atoms with Crippen molar-refractivity contribution in [3.63, 3.8) is 0 Å². The molecule has 0 aliphatic heterocycles. The van der Waals surface area contributed by atoms with E-state index >= 15 is 0 Å². The first-order valence-corrected chi connectivity index (χ1v) is 5.71. The largest absolute Gasteiger partial charge is 0.467 e. The topological polar surface area (TPSA) is 68.6 Å². The molecular weight excluding hydrogens is 244 g/mol. The third-order valence-electron chi connectivity index (χ3n) is 2.53. The highest BCUT2D eigenvalue weighted by Crippen LogP contribution is 2.21. The first-order chi connectivity index (χ1) is 9.19. The van der Waals surface area contributed by atoms with Crippen LogP contribution in [0.2, 0.25) is 0 Å². The Morgan fingerprint density at radius 1 is 1.26 bits per heavy atom. The Labute approximate surface area is 110 Å². The minimum atomic E-state index is -0.857. The lowest BCUT2D eigenvalue weighted by atomic mass is 10.1. The number of aryl methyl sites for hydroxylation is 1. The van der Waals surface area contributed by atoms with Gasteiger partial charge in [0, 0.05) is 23.0 Å². The van der Waals surface area contributed by atoms with Gasteiger partial charge in [-0.15, -0.1) is 4.91 Å². The van der Waals surface area contributed by atoms with Crippen LogP contribution >= 0.6 is 0 Å². The van der Waals surface area contributed by atoms with Crippen LogP contribution in [0.4, 0.5) is 0 Å². The zero-order valence-electron chi connectivity index (χ0n) is 10.4. The molecule has 2 rings (SSSR count). The smallest absolute Gasteiger partial charge is 0.323 e. The summed E-state index contributed by atoms with van der Waals surface area (Å²) in [6.07, 6.45) is 1.66. The lowest BCUT2D eigenvalue weighted by Gasteiger charge is -2.05. The van der Waals surface area contributed by atoms with Gasteiger partial charge in [0.1, 0.15) is 0 Å². The van der Waals surface area contributed by atoms with Crippen molar-refractivity contribution in [2.75, 3.05) is 6.61 Å². The summed E-state index contributed by atoms with van der Waals surface area (Å²) in [7, 11) is 0. The molecule has 0 unspecified atom stereocenters. The monoisotopic (exact) mass is 256 g/mol. The molecule has 0 spiro atoms. The van der Waals surface area contributed by atoms with Crippen LogP contribution in [0.25, 0.3) is 11.1 Å². The minimum absolute atomic E-state index is 0.286. The summed E-state index contributed by atoms with van der Waals surface area (Å²) >= 11 is 0. The predicted molar refractivity (Wildman–Crippen MR) is 70.7 cm³/mol. The highest BCUT2D eigenvalue weighted by molar-refractivity contribution is 5.78. The van der Waals surface area contributed by atoms with Crippen molar-refractivity contribution >= 4 is 5.91 Å². The molecule has 0 radical (unpaired) electrons. The molecule has 1 aromatic heterocycles. The number of nitrogens with zero attached hydrogens (tertiary/aromatic N) is 2. The number of carbonyl (C=O) groups excluding carboxylic acids is 1. The van der Waals surface area contributed by atoms with Gasteiger partial charge in [-0.05, 0) is 18.6 Å². The van der Waals surface area contributed by atoms with E-state index in [0.717, 1.165) is 11.1 Å². The molecule has 0 bridgehead atoms. The molecular formula is C14H12N2O3. The summed E-state index contributed by atoms with van der Waals surface area (Å²) in [5.74, 6) is -0.571. The summed E-state index contributed by atoms with van der Waals surface area (Å²) in [5, 5.41) is 2.24. The normalized spacial score (nSPS) is 9.95. The van der Waals surface area contributed by atoms with E-state index in [4.69, 9.17) is 4.74 Å². The first kappa shape index (κ1) is 12.9. The van der Waals surface area contributed by atoms with Crippen LogP contribution in [-0.4, -0.2) is 17.5 Å². The van der Waals surface area contributed by atoms with E-state index in [-0.39, 0.29) is 12.5 Å². The van der Waals surface area contributed by atoms with Gasteiger partial charge in [-0.1, -0.05) is 29.8 Å². The maximum atomic E-state index is 10.7. The standard InChI is InChI=1S/C14H12N2O3/c1-10-3-2-4-11(7-10)12-5-6-14(15-8-12)19-9-13(17)16-18/h2-8H,9H2,1H3. The van der Waals surface area contributed by atoms with Gasteiger partial charge in [-0.25, -0.2) is 4.98 Å². The molecule has 1 amide bonds. The van der Waals surface area contributed by atoms with Crippen molar-refractivity contribution in [2.24, 2.45) is 5.18 Å². The van der Waals surface area contributed by atoms with Gasteiger partial charge in [0.2, 0.25) is 5.88 Å². The van der Waals surface area contributed by atoms with E-state index in [1.54, 1.807) is 12.3 Å². The quantitative estimate of drug-likeness (QED) is 0.789. The van der Waals surface area contributed by atoms with Gasteiger partial charge in [-0.2, -0.15) is 0 Å². The van der Waals surface area contributed by atoms with Crippen LogP contribution in [0.15, 0.2) is 47.8 Å². The maximum Gasteiger partial charge on any atom is 0.323 e. The lowest BCUT2D eigenvalue weighted by molar-refractivity contribution is -0.119. The summed E-state index contributed by atoms with van der Waals surface area (Å²) in [4.78, 5) is 24.6. The summed E-state index contributed by atoms with van der Waals surface area (Å²) in [6, 6.07) is 11.5. The second-order valence-corrected chi connectivity index (χ2v) is 4.03. The molecule has 0 N–H and O–H groups in total. The van der Waals surface area contributed by atoms with Crippen molar-refractivity contribution in [3.05, 3.63) is 53.1 Å². The third-order valence-corrected chi connectivity index (χ3v) is 2.53.